The molecule has 1 spiro atoms. The molecule has 1 unspecified atom stereocenters. The van der Waals surface area contributed by atoms with Crippen LogP contribution in [-0.4, -0.2) is 64.9 Å². The topological polar surface area (TPSA) is 49.0 Å². The summed E-state index contributed by atoms with van der Waals surface area (Å²) in [7, 11) is 1.71. The van der Waals surface area contributed by atoms with Gasteiger partial charge in [0.1, 0.15) is 0 Å². The second kappa shape index (κ2) is 8.17. The highest BCUT2D eigenvalue weighted by atomic mass is 16.6. The molecule has 0 radical (unpaired) electrons. The third-order valence-electron chi connectivity index (χ3n) is 3.91. The molecule has 0 saturated carbocycles. The maximum Gasteiger partial charge on any atom is 0.0837 e. The van der Waals surface area contributed by atoms with Gasteiger partial charge in [0.15, 0.2) is 0 Å². The molecular weight excluding hydrogens is 246 g/mol. The predicted molar refractivity (Wildman–Crippen MR) is 72.5 cm³/mol. The Morgan fingerprint density at radius 2 is 2.00 bits per heavy atom. The number of methoxy groups -OCH3 is 1. The summed E-state index contributed by atoms with van der Waals surface area (Å²) in [6.07, 6.45) is 4.46. The zero-order chi connectivity index (χ0) is 13.4. The first-order valence-corrected chi connectivity index (χ1v) is 7.38. The lowest BCUT2D eigenvalue weighted by Crippen LogP contribution is -2.41. The Hall–Kier alpha value is -0.200. The smallest absolute Gasteiger partial charge is 0.0837 e. The first-order chi connectivity index (χ1) is 9.35. The van der Waals surface area contributed by atoms with Crippen molar-refractivity contribution in [2.24, 2.45) is 0 Å². The van der Waals surface area contributed by atoms with Crippen molar-refractivity contribution in [2.75, 3.05) is 53.2 Å². The molecule has 0 aliphatic carbocycles. The fourth-order valence-corrected chi connectivity index (χ4v) is 2.82. The van der Waals surface area contributed by atoms with Crippen molar-refractivity contribution < 1.29 is 18.9 Å². The molecule has 2 aliphatic heterocycles. The number of piperidine rings is 1. The molecule has 2 saturated heterocycles. The molecule has 19 heavy (non-hydrogen) atoms. The molecule has 2 aliphatic rings. The van der Waals surface area contributed by atoms with E-state index in [0.29, 0.717) is 13.2 Å². The SMILES string of the molecule is COCCCOCCOC1COC2(CCNCC2)C1. The van der Waals surface area contributed by atoms with Crippen molar-refractivity contribution in [2.45, 2.75) is 37.4 Å². The normalized spacial score (nSPS) is 26.1. The van der Waals surface area contributed by atoms with E-state index in [2.05, 4.69) is 5.32 Å². The highest BCUT2D eigenvalue weighted by molar-refractivity contribution is 4.93. The zero-order valence-electron chi connectivity index (χ0n) is 12.0. The molecule has 1 atom stereocenters. The number of hydrogen-bond donors (Lipinski definition) is 1. The maximum atomic E-state index is 5.98. The van der Waals surface area contributed by atoms with Crippen LogP contribution in [0, 0.1) is 0 Å². The van der Waals surface area contributed by atoms with Gasteiger partial charge in [-0.1, -0.05) is 0 Å². The maximum absolute atomic E-state index is 5.98. The summed E-state index contributed by atoms with van der Waals surface area (Å²) in [5.41, 5.74) is 0.0925. The van der Waals surface area contributed by atoms with Gasteiger partial charge < -0.3 is 24.3 Å². The first kappa shape index (κ1) is 15.2. The first-order valence-electron chi connectivity index (χ1n) is 7.38. The monoisotopic (exact) mass is 273 g/mol. The van der Waals surface area contributed by atoms with E-state index in [1.54, 1.807) is 7.11 Å². The predicted octanol–water partition coefficient (Wildman–Crippen LogP) is 0.967. The molecule has 1 N–H and O–H groups in total. The quantitative estimate of drug-likeness (QED) is 0.668. The summed E-state index contributed by atoms with van der Waals surface area (Å²) >= 11 is 0. The number of ether oxygens (including phenoxy) is 4. The van der Waals surface area contributed by atoms with E-state index in [4.69, 9.17) is 18.9 Å². The van der Waals surface area contributed by atoms with Crippen LogP contribution in [0.3, 0.4) is 0 Å². The molecule has 0 bridgehead atoms. The standard InChI is InChI=1S/C14H27NO4/c1-16-7-2-8-17-9-10-18-13-11-14(19-12-13)3-5-15-6-4-14/h13,15H,2-12H2,1H3. The Balaban J connectivity index is 1.51. The zero-order valence-corrected chi connectivity index (χ0v) is 12.0. The van der Waals surface area contributed by atoms with Crippen molar-refractivity contribution in [3.63, 3.8) is 0 Å². The number of nitrogens with one attached hydrogen (secondary N) is 1. The Morgan fingerprint density at radius 3 is 2.79 bits per heavy atom. The van der Waals surface area contributed by atoms with Gasteiger partial charge in [0.05, 0.1) is 31.5 Å². The van der Waals surface area contributed by atoms with Gasteiger partial charge in [0.2, 0.25) is 0 Å². The van der Waals surface area contributed by atoms with Crippen LogP contribution in [0.5, 0.6) is 0 Å². The Labute approximate surface area is 115 Å². The van der Waals surface area contributed by atoms with Gasteiger partial charge in [-0.15, -0.1) is 0 Å². The third kappa shape index (κ3) is 5.00. The molecule has 2 rings (SSSR count). The largest absolute Gasteiger partial charge is 0.385 e. The van der Waals surface area contributed by atoms with Crippen LogP contribution in [-0.2, 0) is 18.9 Å². The number of hydrogen-bond acceptors (Lipinski definition) is 5. The average Bonchev–Trinajstić information content (AvgIpc) is 2.81. The van der Waals surface area contributed by atoms with Crippen LogP contribution in [0.15, 0.2) is 0 Å². The lowest BCUT2D eigenvalue weighted by atomic mass is 9.89. The molecule has 0 aromatic rings. The molecular formula is C14H27NO4. The minimum Gasteiger partial charge on any atom is -0.385 e. The summed E-state index contributed by atoms with van der Waals surface area (Å²) in [4.78, 5) is 0. The molecule has 0 aromatic carbocycles. The summed E-state index contributed by atoms with van der Waals surface area (Å²) in [6, 6.07) is 0. The fraction of sp³-hybridized carbons (Fsp3) is 1.00. The lowest BCUT2D eigenvalue weighted by Gasteiger charge is -2.32. The van der Waals surface area contributed by atoms with E-state index in [1.165, 1.54) is 0 Å². The van der Waals surface area contributed by atoms with Gasteiger partial charge in [0, 0.05) is 26.7 Å². The van der Waals surface area contributed by atoms with Gasteiger partial charge in [-0.2, -0.15) is 0 Å². The molecule has 2 heterocycles. The van der Waals surface area contributed by atoms with Crippen LogP contribution < -0.4 is 5.32 Å². The van der Waals surface area contributed by atoms with Crippen molar-refractivity contribution in [1.82, 2.24) is 5.32 Å². The van der Waals surface area contributed by atoms with Gasteiger partial charge in [-0.3, -0.25) is 0 Å². The van der Waals surface area contributed by atoms with Crippen LogP contribution in [0.4, 0.5) is 0 Å². The van der Waals surface area contributed by atoms with Gasteiger partial charge in [0.25, 0.3) is 0 Å². The fourth-order valence-electron chi connectivity index (χ4n) is 2.82. The van der Waals surface area contributed by atoms with E-state index >= 15 is 0 Å². The van der Waals surface area contributed by atoms with Crippen molar-refractivity contribution in [3.05, 3.63) is 0 Å². The van der Waals surface area contributed by atoms with Crippen LogP contribution in [0.25, 0.3) is 0 Å². The Morgan fingerprint density at radius 1 is 1.16 bits per heavy atom. The van der Waals surface area contributed by atoms with E-state index in [-0.39, 0.29) is 11.7 Å². The molecule has 5 nitrogen and oxygen atoms in total. The van der Waals surface area contributed by atoms with Crippen LogP contribution in [0.1, 0.15) is 25.7 Å². The second-order valence-electron chi connectivity index (χ2n) is 5.40. The molecule has 2 fully saturated rings. The van der Waals surface area contributed by atoms with Gasteiger partial charge in [-0.25, -0.2) is 0 Å². The van der Waals surface area contributed by atoms with Crippen molar-refractivity contribution >= 4 is 0 Å². The highest BCUT2D eigenvalue weighted by Crippen LogP contribution is 2.34. The molecule has 112 valence electrons. The third-order valence-corrected chi connectivity index (χ3v) is 3.91. The second-order valence-corrected chi connectivity index (χ2v) is 5.40. The van der Waals surface area contributed by atoms with Gasteiger partial charge >= 0.3 is 0 Å². The molecule has 5 heteroatoms. The average molecular weight is 273 g/mol. The lowest BCUT2D eigenvalue weighted by molar-refractivity contribution is -0.0267. The van der Waals surface area contributed by atoms with E-state index < -0.39 is 0 Å². The molecule has 0 aromatic heterocycles. The molecule has 0 amide bonds. The Kier molecular flexibility index (Phi) is 6.53. The van der Waals surface area contributed by atoms with E-state index in [9.17, 15) is 0 Å². The van der Waals surface area contributed by atoms with Crippen LogP contribution in [0.2, 0.25) is 0 Å². The van der Waals surface area contributed by atoms with E-state index in [0.717, 1.165) is 58.6 Å². The summed E-state index contributed by atoms with van der Waals surface area (Å²) in [5, 5.41) is 3.38. The van der Waals surface area contributed by atoms with Crippen molar-refractivity contribution in [3.8, 4) is 0 Å². The Bertz CT molecular complexity index is 244. The summed E-state index contributed by atoms with van der Waals surface area (Å²) < 4.78 is 22.3. The number of rotatable bonds is 8. The van der Waals surface area contributed by atoms with E-state index in [1.807, 2.05) is 0 Å². The summed E-state index contributed by atoms with van der Waals surface area (Å²) in [5.74, 6) is 0. The highest BCUT2D eigenvalue weighted by Gasteiger charge is 2.41. The summed E-state index contributed by atoms with van der Waals surface area (Å²) in [6.45, 7) is 5.69. The minimum atomic E-state index is 0.0925. The van der Waals surface area contributed by atoms with Gasteiger partial charge in [-0.05, 0) is 32.4 Å². The minimum absolute atomic E-state index is 0.0925. The van der Waals surface area contributed by atoms with Crippen molar-refractivity contribution in [1.29, 1.82) is 0 Å². The van der Waals surface area contributed by atoms with Crippen LogP contribution >= 0.6 is 0 Å².